The van der Waals surface area contributed by atoms with Gasteiger partial charge in [0.1, 0.15) is 5.67 Å². The Hall–Kier alpha value is -0.150. The fourth-order valence-electron chi connectivity index (χ4n) is 3.12. The number of nitrogens with two attached hydrogens (primary N) is 1. The molecule has 0 bridgehead atoms. The van der Waals surface area contributed by atoms with Crippen LogP contribution in [-0.4, -0.2) is 24.3 Å². The van der Waals surface area contributed by atoms with E-state index in [2.05, 4.69) is 12.2 Å². The first-order valence-corrected chi connectivity index (χ1v) is 6.28. The maximum atomic E-state index is 14.7. The molecule has 0 radical (unpaired) electrons. The molecule has 4 unspecified atom stereocenters. The summed E-state index contributed by atoms with van der Waals surface area (Å²) in [4.78, 5) is 0. The zero-order chi connectivity index (χ0) is 10.9. The molecule has 2 fully saturated rings. The third kappa shape index (κ3) is 2.51. The lowest BCUT2D eigenvalue weighted by Gasteiger charge is -2.42. The molecule has 0 amide bonds. The van der Waals surface area contributed by atoms with Gasteiger partial charge in [0, 0.05) is 12.1 Å². The van der Waals surface area contributed by atoms with E-state index in [4.69, 9.17) is 5.73 Å². The van der Waals surface area contributed by atoms with Gasteiger partial charge in [-0.15, -0.1) is 0 Å². The Morgan fingerprint density at radius 1 is 1.40 bits per heavy atom. The van der Waals surface area contributed by atoms with E-state index in [-0.39, 0.29) is 12.1 Å². The van der Waals surface area contributed by atoms with Gasteiger partial charge in [-0.25, -0.2) is 4.39 Å². The summed E-state index contributed by atoms with van der Waals surface area (Å²) in [5, 5.41) is 3.35. The first-order valence-electron chi connectivity index (χ1n) is 6.28. The van der Waals surface area contributed by atoms with E-state index in [0.717, 1.165) is 25.8 Å². The van der Waals surface area contributed by atoms with Crippen LogP contribution in [0, 0.1) is 5.92 Å². The highest BCUT2D eigenvalue weighted by atomic mass is 19.1. The molecule has 1 aliphatic carbocycles. The van der Waals surface area contributed by atoms with Crippen molar-refractivity contribution < 1.29 is 4.39 Å². The second kappa shape index (κ2) is 4.38. The molecule has 0 aromatic rings. The lowest BCUT2D eigenvalue weighted by Crippen LogP contribution is -2.55. The van der Waals surface area contributed by atoms with Gasteiger partial charge in [0.15, 0.2) is 0 Å². The summed E-state index contributed by atoms with van der Waals surface area (Å²) in [6, 6.07) is 0.121. The summed E-state index contributed by atoms with van der Waals surface area (Å²) < 4.78 is 14.7. The average Bonchev–Trinajstić information content (AvgIpc) is 2.17. The smallest absolute Gasteiger partial charge is 0.127 e. The van der Waals surface area contributed by atoms with Gasteiger partial charge in [-0.2, -0.15) is 0 Å². The van der Waals surface area contributed by atoms with Gasteiger partial charge < -0.3 is 11.1 Å². The molecule has 2 rings (SSSR count). The number of nitrogens with one attached hydrogen (secondary N) is 1. The van der Waals surface area contributed by atoms with Gasteiger partial charge in [0.25, 0.3) is 0 Å². The first kappa shape index (κ1) is 11.3. The number of hydrogen-bond acceptors (Lipinski definition) is 2. The van der Waals surface area contributed by atoms with Crippen molar-refractivity contribution in [2.24, 2.45) is 11.7 Å². The van der Waals surface area contributed by atoms with Crippen LogP contribution < -0.4 is 11.1 Å². The third-order valence-corrected chi connectivity index (χ3v) is 4.06. The van der Waals surface area contributed by atoms with Crippen LogP contribution >= 0.6 is 0 Å². The van der Waals surface area contributed by atoms with E-state index < -0.39 is 5.67 Å². The molecule has 0 aromatic carbocycles. The standard InChI is InChI=1S/C12H23FN2/c1-9-4-6-15-11(7-9)12(13)5-2-3-10(14)8-12/h9-11,15H,2-8,14H2,1H3. The highest BCUT2D eigenvalue weighted by molar-refractivity contribution is 4.99. The Labute approximate surface area is 91.8 Å². The molecular weight excluding hydrogens is 191 g/mol. The van der Waals surface area contributed by atoms with Crippen molar-refractivity contribution in [2.45, 2.75) is 63.2 Å². The van der Waals surface area contributed by atoms with E-state index in [1.54, 1.807) is 0 Å². The second-order valence-corrected chi connectivity index (χ2v) is 5.53. The molecule has 1 saturated carbocycles. The monoisotopic (exact) mass is 214 g/mol. The van der Waals surface area contributed by atoms with Crippen LogP contribution in [0.3, 0.4) is 0 Å². The molecule has 2 aliphatic rings. The van der Waals surface area contributed by atoms with Crippen molar-refractivity contribution in [3.8, 4) is 0 Å². The maximum absolute atomic E-state index is 14.7. The minimum absolute atomic E-state index is 0.0487. The molecule has 3 N–H and O–H groups in total. The van der Waals surface area contributed by atoms with Gasteiger partial charge in [-0.3, -0.25) is 0 Å². The Balaban J connectivity index is 2.00. The molecule has 1 aliphatic heterocycles. The van der Waals surface area contributed by atoms with Crippen LogP contribution in [0.15, 0.2) is 0 Å². The van der Waals surface area contributed by atoms with E-state index in [0.29, 0.717) is 18.8 Å². The van der Waals surface area contributed by atoms with Crippen molar-refractivity contribution in [1.29, 1.82) is 0 Å². The van der Waals surface area contributed by atoms with Crippen molar-refractivity contribution >= 4 is 0 Å². The normalized spacial score (nSPS) is 47.8. The Bertz CT molecular complexity index is 222. The highest BCUT2D eigenvalue weighted by Crippen LogP contribution is 2.37. The quantitative estimate of drug-likeness (QED) is 0.700. The summed E-state index contributed by atoms with van der Waals surface area (Å²) in [6.45, 7) is 3.19. The first-order chi connectivity index (χ1) is 7.10. The van der Waals surface area contributed by atoms with Crippen molar-refractivity contribution in [2.75, 3.05) is 6.54 Å². The van der Waals surface area contributed by atoms with Gasteiger partial charge in [-0.1, -0.05) is 6.92 Å². The number of alkyl halides is 1. The fourth-order valence-corrected chi connectivity index (χ4v) is 3.12. The highest BCUT2D eigenvalue weighted by Gasteiger charge is 2.43. The van der Waals surface area contributed by atoms with Crippen LogP contribution in [0.5, 0.6) is 0 Å². The van der Waals surface area contributed by atoms with Gasteiger partial charge in [-0.05, 0) is 51.0 Å². The number of hydrogen-bond donors (Lipinski definition) is 2. The van der Waals surface area contributed by atoms with E-state index in [1.807, 2.05) is 0 Å². The van der Waals surface area contributed by atoms with Crippen LogP contribution in [0.1, 0.15) is 45.4 Å². The molecule has 0 aromatic heterocycles. The molecule has 2 nitrogen and oxygen atoms in total. The zero-order valence-electron chi connectivity index (χ0n) is 9.64. The SMILES string of the molecule is CC1CCNC(C2(F)CCCC(N)C2)C1. The number of rotatable bonds is 1. The Morgan fingerprint density at radius 3 is 2.87 bits per heavy atom. The van der Waals surface area contributed by atoms with Gasteiger partial charge in [0.05, 0.1) is 0 Å². The fraction of sp³-hybridized carbons (Fsp3) is 1.00. The lowest BCUT2D eigenvalue weighted by molar-refractivity contribution is 0.0322. The summed E-state index contributed by atoms with van der Waals surface area (Å²) in [7, 11) is 0. The molecule has 0 spiro atoms. The minimum atomic E-state index is -1.04. The van der Waals surface area contributed by atoms with Crippen LogP contribution in [0.25, 0.3) is 0 Å². The molecule has 4 atom stereocenters. The van der Waals surface area contributed by atoms with Crippen molar-refractivity contribution in [1.82, 2.24) is 5.32 Å². The molecule has 1 heterocycles. The summed E-state index contributed by atoms with van der Waals surface area (Å²) in [5.41, 5.74) is 4.85. The Kier molecular flexibility index (Phi) is 3.31. The van der Waals surface area contributed by atoms with Crippen LogP contribution in [-0.2, 0) is 0 Å². The third-order valence-electron chi connectivity index (χ3n) is 4.06. The summed E-state index contributed by atoms with van der Waals surface area (Å²) >= 11 is 0. The lowest BCUT2D eigenvalue weighted by atomic mass is 9.74. The van der Waals surface area contributed by atoms with Crippen LogP contribution in [0.4, 0.5) is 4.39 Å². The molecule has 1 saturated heterocycles. The molecule has 15 heavy (non-hydrogen) atoms. The van der Waals surface area contributed by atoms with E-state index >= 15 is 0 Å². The van der Waals surface area contributed by atoms with E-state index in [1.165, 1.54) is 6.42 Å². The zero-order valence-corrected chi connectivity index (χ0v) is 9.64. The largest absolute Gasteiger partial charge is 0.328 e. The van der Waals surface area contributed by atoms with Gasteiger partial charge >= 0.3 is 0 Å². The summed E-state index contributed by atoms with van der Waals surface area (Å²) in [6.07, 6.45) is 5.35. The van der Waals surface area contributed by atoms with E-state index in [9.17, 15) is 4.39 Å². The molecule has 88 valence electrons. The van der Waals surface area contributed by atoms with Crippen molar-refractivity contribution in [3.05, 3.63) is 0 Å². The van der Waals surface area contributed by atoms with Crippen LogP contribution in [0.2, 0.25) is 0 Å². The Morgan fingerprint density at radius 2 is 2.20 bits per heavy atom. The average molecular weight is 214 g/mol. The minimum Gasteiger partial charge on any atom is -0.328 e. The topological polar surface area (TPSA) is 38.0 Å². The van der Waals surface area contributed by atoms with Crippen molar-refractivity contribution in [3.63, 3.8) is 0 Å². The van der Waals surface area contributed by atoms with Gasteiger partial charge in [0.2, 0.25) is 0 Å². The molecule has 3 heteroatoms. The number of halogens is 1. The number of piperidine rings is 1. The summed E-state index contributed by atoms with van der Waals surface area (Å²) in [5.74, 6) is 0.655. The maximum Gasteiger partial charge on any atom is 0.127 e. The molecular formula is C12H23FN2. The predicted molar refractivity (Wildman–Crippen MR) is 60.5 cm³/mol. The predicted octanol–water partition coefficient (Wildman–Crippen LogP) is 1.98. The second-order valence-electron chi connectivity index (χ2n) is 5.53.